The van der Waals surface area contributed by atoms with E-state index in [4.69, 9.17) is 15.3 Å². The van der Waals surface area contributed by atoms with E-state index in [0.29, 0.717) is 17.1 Å². The van der Waals surface area contributed by atoms with Gasteiger partial charge in [-0.1, -0.05) is 12.1 Å². The standard InChI is InChI=1S/C15H16F2N2O2/c1-20-9-6-7-13(21-2)11(8-9)15(19-18)10-4-3-5-12(16)14(10)17/h3-8,15,19H,18H2,1-2H3. The van der Waals surface area contributed by atoms with E-state index < -0.39 is 17.7 Å². The van der Waals surface area contributed by atoms with Crippen LogP contribution in [0.3, 0.4) is 0 Å². The normalized spacial score (nSPS) is 12.0. The summed E-state index contributed by atoms with van der Waals surface area (Å²) in [5.74, 6) is 4.69. The zero-order valence-corrected chi connectivity index (χ0v) is 11.7. The maximum atomic E-state index is 14.0. The quantitative estimate of drug-likeness (QED) is 0.657. The number of ether oxygens (including phenoxy) is 2. The molecule has 1 atom stereocenters. The van der Waals surface area contributed by atoms with E-state index in [-0.39, 0.29) is 5.56 Å². The second-order valence-electron chi connectivity index (χ2n) is 4.35. The summed E-state index contributed by atoms with van der Waals surface area (Å²) < 4.78 is 37.8. The number of hydrogen-bond donors (Lipinski definition) is 2. The molecule has 0 bridgehead atoms. The molecule has 0 saturated carbocycles. The number of benzene rings is 2. The van der Waals surface area contributed by atoms with Crippen molar-refractivity contribution < 1.29 is 18.3 Å². The smallest absolute Gasteiger partial charge is 0.163 e. The van der Waals surface area contributed by atoms with E-state index in [2.05, 4.69) is 5.43 Å². The van der Waals surface area contributed by atoms with Crippen LogP contribution in [0.5, 0.6) is 11.5 Å². The van der Waals surface area contributed by atoms with Gasteiger partial charge in [0, 0.05) is 11.1 Å². The molecule has 6 heteroatoms. The van der Waals surface area contributed by atoms with Gasteiger partial charge < -0.3 is 9.47 Å². The molecule has 112 valence electrons. The maximum Gasteiger partial charge on any atom is 0.163 e. The highest BCUT2D eigenvalue weighted by Crippen LogP contribution is 2.34. The molecule has 0 radical (unpaired) electrons. The van der Waals surface area contributed by atoms with Crippen LogP contribution in [0.1, 0.15) is 17.2 Å². The molecule has 0 aliphatic rings. The van der Waals surface area contributed by atoms with Crippen LogP contribution in [-0.2, 0) is 0 Å². The number of nitrogens with two attached hydrogens (primary N) is 1. The van der Waals surface area contributed by atoms with Crippen LogP contribution in [0.25, 0.3) is 0 Å². The molecule has 4 nitrogen and oxygen atoms in total. The number of nitrogens with one attached hydrogen (secondary N) is 1. The Kier molecular flexibility index (Phi) is 4.72. The molecule has 0 spiro atoms. The van der Waals surface area contributed by atoms with Crippen molar-refractivity contribution in [1.29, 1.82) is 0 Å². The lowest BCUT2D eigenvalue weighted by Gasteiger charge is -2.21. The van der Waals surface area contributed by atoms with Gasteiger partial charge in [-0.05, 0) is 24.3 Å². The summed E-state index contributed by atoms with van der Waals surface area (Å²) >= 11 is 0. The lowest BCUT2D eigenvalue weighted by molar-refractivity contribution is 0.392. The summed E-state index contributed by atoms with van der Waals surface area (Å²) in [6.07, 6.45) is 0. The van der Waals surface area contributed by atoms with E-state index in [1.807, 2.05) is 0 Å². The number of hydrazine groups is 1. The summed E-state index contributed by atoms with van der Waals surface area (Å²) in [6.45, 7) is 0. The minimum atomic E-state index is -0.953. The van der Waals surface area contributed by atoms with Gasteiger partial charge in [-0.2, -0.15) is 0 Å². The SMILES string of the molecule is COc1ccc(OC)c(C(NN)c2cccc(F)c2F)c1. The first-order valence-electron chi connectivity index (χ1n) is 6.24. The van der Waals surface area contributed by atoms with Gasteiger partial charge in [0.15, 0.2) is 11.6 Å². The Labute approximate surface area is 121 Å². The minimum Gasteiger partial charge on any atom is -0.497 e. The molecular weight excluding hydrogens is 278 g/mol. The fraction of sp³-hybridized carbons (Fsp3) is 0.200. The summed E-state index contributed by atoms with van der Waals surface area (Å²) in [7, 11) is 3.00. The first kappa shape index (κ1) is 15.2. The predicted molar refractivity (Wildman–Crippen MR) is 75.1 cm³/mol. The predicted octanol–water partition coefficient (Wildman–Crippen LogP) is 2.53. The molecule has 0 fully saturated rings. The second kappa shape index (κ2) is 6.51. The van der Waals surface area contributed by atoms with E-state index >= 15 is 0 Å². The van der Waals surface area contributed by atoms with Crippen LogP contribution >= 0.6 is 0 Å². The molecule has 0 amide bonds. The van der Waals surface area contributed by atoms with Crippen LogP contribution in [0.15, 0.2) is 36.4 Å². The molecule has 1 unspecified atom stereocenters. The van der Waals surface area contributed by atoms with Crippen LogP contribution in [0, 0.1) is 11.6 Å². The van der Waals surface area contributed by atoms with Gasteiger partial charge in [-0.25, -0.2) is 14.2 Å². The fourth-order valence-corrected chi connectivity index (χ4v) is 2.16. The number of halogens is 2. The minimum absolute atomic E-state index is 0.0871. The van der Waals surface area contributed by atoms with Crippen LogP contribution in [0.4, 0.5) is 8.78 Å². The molecule has 0 aromatic heterocycles. The van der Waals surface area contributed by atoms with E-state index in [1.54, 1.807) is 18.2 Å². The molecule has 21 heavy (non-hydrogen) atoms. The third-order valence-corrected chi connectivity index (χ3v) is 3.21. The first-order valence-corrected chi connectivity index (χ1v) is 6.24. The van der Waals surface area contributed by atoms with Crippen LogP contribution < -0.4 is 20.7 Å². The number of hydrogen-bond acceptors (Lipinski definition) is 4. The van der Waals surface area contributed by atoms with E-state index in [0.717, 1.165) is 6.07 Å². The highest BCUT2D eigenvalue weighted by Gasteiger charge is 2.22. The Balaban J connectivity index is 2.57. The zero-order valence-electron chi connectivity index (χ0n) is 11.7. The van der Waals surface area contributed by atoms with Gasteiger partial charge in [0.1, 0.15) is 11.5 Å². The van der Waals surface area contributed by atoms with Crippen molar-refractivity contribution in [2.75, 3.05) is 14.2 Å². The molecule has 0 saturated heterocycles. The van der Waals surface area contributed by atoms with Crippen molar-refractivity contribution in [2.24, 2.45) is 5.84 Å². The van der Waals surface area contributed by atoms with Crippen molar-refractivity contribution in [2.45, 2.75) is 6.04 Å². The van der Waals surface area contributed by atoms with Crippen molar-refractivity contribution in [1.82, 2.24) is 5.43 Å². The molecule has 3 N–H and O–H groups in total. The highest BCUT2D eigenvalue weighted by atomic mass is 19.2. The summed E-state index contributed by atoms with van der Waals surface area (Å²) in [6, 6.07) is 8.20. The average molecular weight is 294 g/mol. The van der Waals surface area contributed by atoms with Crippen molar-refractivity contribution in [3.05, 3.63) is 59.2 Å². The van der Waals surface area contributed by atoms with Crippen LogP contribution in [0.2, 0.25) is 0 Å². The lowest BCUT2D eigenvalue weighted by Crippen LogP contribution is -2.30. The summed E-state index contributed by atoms with van der Waals surface area (Å²) in [5.41, 5.74) is 3.12. The van der Waals surface area contributed by atoms with Crippen molar-refractivity contribution >= 4 is 0 Å². The Morgan fingerprint density at radius 3 is 2.43 bits per heavy atom. The Hall–Kier alpha value is -2.18. The first-order chi connectivity index (χ1) is 10.1. The summed E-state index contributed by atoms with van der Waals surface area (Å²) in [5, 5.41) is 0. The zero-order chi connectivity index (χ0) is 15.4. The van der Waals surface area contributed by atoms with Gasteiger partial charge in [-0.15, -0.1) is 0 Å². The lowest BCUT2D eigenvalue weighted by atomic mass is 9.97. The van der Waals surface area contributed by atoms with Gasteiger partial charge in [0.25, 0.3) is 0 Å². The van der Waals surface area contributed by atoms with E-state index in [1.165, 1.54) is 26.4 Å². The van der Waals surface area contributed by atoms with Crippen molar-refractivity contribution in [3.8, 4) is 11.5 Å². The molecule has 0 aliphatic carbocycles. The maximum absolute atomic E-state index is 14.0. The molecule has 0 aliphatic heterocycles. The molecule has 2 rings (SSSR count). The highest BCUT2D eigenvalue weighted by molar-refractivity contribution is 5.46. The van der Waals surface area contributed by atoms with Gasteiger partial charge in [0.05, 0.1) is 20.3 Å². The molecule has 2 aromatic rings. The van der Waals surface area contributed by atoms with Gasteiger partial charge >= 0.3 is 0 Å². The summed E-state index contributed by atoms with van der Waals surface area (Å²) in [4.78, 5) is 0. The Morgan fingerprint density at radius 1 is 1.05 bits per heavy atom. The Bertz CT molecular complexity index is 635. The molecule has 2 aromatic carbocycles. The Morgan fingerprint density at radius 2 is 1.81 bits per heavy atom. The topological polar surface area (TPSA) is 56.5 Å². The van der Waals surface area contributed by atoms with Crippen LogP contribution in [-0.4, -0.2) is 14.2 Å². The second-order valence-corrected chi connectivity index (χ2v) is 4.35. The van der Waals surface area contributed by atoms with Crippen molar-refractivity contribution in [3.63, 3.8) is 0 Å². The fourth-order valence-electron chi connectivity index (χ4n) is 2.16. The monoisotopic (exact) mass is 294 g/mol. The van der Waals surface area contributed by atoms with Gasteiger partial charge in [-0.3, -0.25) is 5.84 Å². The average Bonchev–Trinajstić information content (AvgIpc) is 2.52. The third kappa shape index (κ3) is 2.96. The molecule has 0 heterocycles. The third-order valence-electron chi connectivity index (χ3n) is 3.21. The number of rotatable bonds is 5. The largest absolute Gasteiger partial charge is 0.497 e. The number of methoxy groups -OCH3 is 2. The van der Waals surface area contributed by atoms with Gasteiger partial charge in [0.2, 0.25) is 0 Å². The van der Waals surface area contributed by atoms with E-state index in [9.17, 15) is 8.78 Å². The molecular formula is C15H16F2N2O2.